The number of nitrogens with zero attached hydrogens (tertiary/aromatic N) is 6. The van der Waals surface area contributed by atoms with Crippen LogP contribution in [0.2, 0.25) is 0 Å². The maximum absolute atomic E-state index is 13.4. The third-order valence-corrected chi connectivity index (χ3v) is 8.16. The van der Waals surface area contributed by atoms with Crippen molar-refractivity contribution in [3.8, 4) is 22.8 Å². The van der Waals surface area contributed by atoms with Crippen molar-refractivity contribution in [2.24, 2.45) is 0 Å². The van der Waals surface area contributed by atoms with Gasteiger partial charge in [-0.25, -0.2) is 14.6 Å². The van der Waals surface area contributed by atoms with Crippen molar-refractivity contribution in [2.45, 2.75) is 25.8 Å². The van der Waals surface area contributed by atoms with E-state index in [1.165, 1.54) is 6.33 Å². The third kappa shape index (κ3) is 5.07. The van der Waals surface area contributed by atoms with E-state index in [1.807, 2.05) is 41.9 Å². The first-order valence-electron chi connectivity index (χ1n) is 14.6. The number of hydrogen-bond acceptors (Lipinski definition) is 10. The van der Waals surface area contributed by atoms with Gasteiger partial charge in [-0.2, -0.15) is 5.10 Å². The van der Waals surface area contributed by atoms with E-state index in [4.69, 9.17) is 25.0 Å². The van der Waals surface area contributed by atoms with Gasteiger partial charge < -0.3 is 35.1 Å². The number of carbonyl (C=O) groups excluding carboxylic acids is 1. The van der Waals surface area contributed by atoms with Gasteiger partial charge in [-0.1, -0.05) is 12.1 Å². The molecule has 222 valence electrons. The molecule has 1 amide bonds. The van der Waals surface area contributed by atoms with E-state index in [0.29, 0.717) is 64.1 Å². The van der Waals surface area contributed by atoms with E-state index < -0.39 is 0 Å². The Hall–Kier alpha value is -4.84. The number of amides is 1. The molecule has 0 bridgehead atoms. The largest absolute Gasteiger partial charge is 0.453 e. The Morgan fingerprint density at radius 3 is 2.81 bits per heavy atom. The molecule has 0 saturated carbocycles. The molecule has 4 aromatic rings. The molecule has 12 nitrogen and oxygen atoms in total. The number of fused-ring (bicyclic) bond motifs is 2. The van der Waals surface area contributed by atoms with Crippen molar-refractivity contribution in [2.75, 3.05) is 62.1 Å². The van der Waals surface area contributed by atoms with Gasteiger partial charge in [-0.05, 0) is 56.3 Å². The Morgan fingerprint density at radius 2 is 1.95 bits per heavy atom. The van der Waals surface area contributed by atoms with Crippen LogP contribution >= 0.6 is 0 Å². The highest BCUT2D eigenvalue weighted by Crippen LogP contribution is 2.48. The topological polar surface area (TPSA) is 133 Å². The van der Waals surface area contributed by atoms with E-state index in [1.54, 1.807) is 6.07 Å². The zero-order valence-electron chi connectivity index (χ0n) is 24.0. The molecule has 2 saturated heterocycles. The second-order valence-electron chi connectivity index (χ2n) is 10.9. The molecule has 43 heavy (non-hydrogen) atoms. The Kier molecular flexibility index (Phi) is 7.19. The number of piperidine rings is 1. The van der Waals surface area contributed by atoms with Crippen molar-refractivity contribution in [1.29, 1.82) is 0 Å². The summed E-state index contributed by atoms with van der Waals surface area (Å²) < 4.78 is 19.3. The van der Waals surface area contributed by atoms with Crippen molar-refractivity contribution < 1.29 is 19.0 Å². The van der Waals surface area contributed by atoms with Gasteiger partial charge in [0, 0.05) is 43.0 Å². The Labute approximate surface area is 249 Å². The van der Waals surface area contributed by atoms with Gasteiger partial charge in [-0.3, -0.25) is 4.79 Å². The van der Waals surface area contributed by atoms with Crippen LogP contribution < -0.4 is 25.4 Å². The molecule has 7 rings (SSSR count). The maximum Gasteiger partial charge on any atom is 0.255 e. The van der Waals surface area contributed by atoms with Crippen LogP contribution in [0.25, 0.3) is 22.3 Å². The molecule has 1 atom stereocenters. The van der Waals surface area contributed by atoms with Gasteiger partial charge in [0.2, 0.25) is 6.79 Å². The first kappa shape index (κ1) is 27.0. The predicted molar refractivity (Wildman–Crippen MR) is 163 cm³/mol. The quantitative estimate of drug-likeness (QED) is 0.343. The summed E-state index contributed by atoms with van der Waals surface area (Å²) in [6.45, 7) is 6.80. The molecule has 0 radical (unpaired) electrons. The number of ether oxygens (including phenoxy) is 3. The summed E-state index contributed by atoms with van der Waals surface area (Å²) in [5.74, 6) is 1.05. The van der Waals surface area contributed by atoms with Crippen molar-refractivity contribution >= 4 is 34.1 Å². The van der Waals surface area contributed by atoms with Crippen LogP contribution in [-0.2, 0) is 4.74 Å². The van der Waals surface area contributed by atoms with Gasteiger partial charge in [0.05, 0.1) is 30.3 Å². The van der Waals surface area contributed by atoms with Crippen LogP contribution in [-0.4, -0.2) is 76.7 Å². The molecular weight excluding hydrogens is 548 g/mol. The minimum Gasteiger partial charge on any atom is -0.453 e. The number of nitrogens with one attached hydrogen (secondary N) is 1. The summed E-state index contributed by atoms with van der Waals surface area (Å²) >= 11 is 0. The second-order valence-corrected chi connectivity index (χ2v) is 10.9. The summed E-state index contributed by atoms with van der Waals surface area (Å²) in [5, 5.41) is 8.74. The first-order chi connectivity index (χ1) is 21.1. The molecule has 3 aliphatic rings. The second kappa shape index (κ2) is 11.4. The lowest BCUT2D eigenvalue weighted by Gasteiger charge is -2.32. The minimum absolute atomic E-state index is 0.0211. The zero-order chi connectivity index (χ0) is 29.3. The van der Waals surface area contributed by atoms with E-state index in [0.717, 1.165) is 44.7 Å². The predicted octanol–water partition coefficient (Wildman–Crippen LogP) is 4.06. The van der Waals surface area contributed by atoms with Crippen LogP contribution in [0.1, 0.15) is 36.2 Å². The van der Waals surface area contributed by atoms with Gasteiger partial charge >= 0.3 is 0 Å². The Balaban J connectivity index is 1.22. The molecule has 2 fully saturated rings. The van der Waals surface area contributed by atoms with Crippen molar-refractivity contribution in [1.82, 2.24) is 24.6 Å². The maximum atomic E-state index is 13.4. The average Bonchev–Trinajstić information content (AvgIpc) is 3.69. The summed E-state index contributed by atoms with van der Waals surface area (Å²) in [6.07, 6.45) is 7.66. The first-order valence-corrected chi connectivity index (χ1v) is 14.6. The van der Waals surface area contributed by atoms with Crippen LogP contribution in [0.4, 0.5) is 17.2 Å². The van der Waals surface area contributed by atoms with E-state index in [-0.39, 0.29) is 18.7 Å². The van der Waals surface area contributed by atoms with E-state index in [2.05, 4.69) is 37.4 Å². The number of morpholine rings is 1. The number of aromatic nitrogens is 4. The number of allylic oxidation sites excluding steroid dienone is 1. The lowest BCUT2D eigenvalue weighted by atomic mass is 10.1. The highest BCUT2D eigenvalue weighted by atomic mass is 16.7. The molecule has 0 aliphatic carbocycles. The molecule has 2 aromatic carbocycles. The average molecular weight is 583 g/mol. The normalized spacial score (nSPS) is 18.5. The van der Waals surface area contributed by atoms with Gasteiger partial charge in [0.15, 0.2) is 17.1 Å². The molecule has 3 aliphatic heterocycles. The van der Waals surface area contributed by atoms with Crippen molar-refractivity contribution in [3.05, 3.63) is 60.6 Å². The van der Waals surface area contributed by atoms with Crippen molar-refractivity contribution in [3.63, 3.8) is 0 Å². The fourth-order valence-electron chi connectivity index (χ4n) is 6.11. The lowest BCUT2D eigenvalue weighted by Crippen LogP contribution is -2.36. The summed E-state index contributed by atoms with van der Waals surface area (Å²) in [5.41, 5.74) is 10.5. The summed E-state index contributed by atoms with van der Waals surface area (Å²) in [4.78, 5) is 26.7. The molecule has 12 heteroatoms. The molecular formula is C31H34N8O4. The standard InChI is InChI=1S/C31H34N8O4/c1-2-10-37-11-4-7-22(17-37)39-30-25(29(32)33-18-34-30)26(36-39)23-8-9-24(28-27(23)42-19-43-28)35-31(40)20-5-3-6-21(16-20)38-12-14-41-15-13-38/h2-3,5-6,8-10,16,18,22H,4,7,11-15,17,19H2,1H3,(H,35,40)(H2,32,33,34)/t22-/m1/s1. The van der Waals surface area contributed by atoms with Crippen LogP contribution in [0.3, 0.4) is 0 Å². The number of hydrogen-bond donors (Lipinski definition) is 2. The number of rotatable bonds is 6. The van der Waals surface area contributed by atoms with Gasteiger partial charge in [0.1, 0.15) is 17.8 Å². The highest BCUT2D eigenvalue weighted by molar-refractivity contribution is 6.07. The molecule has 0 unspecified atom stereocenters. The summed E-state index contributed by atoms with van der Waals surface area (Å²) in [6, 6.07) is 11.4. The number of nitrogens with two attached hydrogens (primary N) is 1. The molecule has 0 spiro atoms. The third-order valence-electron chi connectivity index (χ3n) is 8.16. The van der Waals surface area contributed by atoms with Gasteiger partial charge in [0.25, 0.3) is 5.91 Å². The monoisotopic (exact) mass is 582 g/mol. The lowest BCUT2D eigenvalue weighted by molar-refractivity contribution is 0.102. The SMILES string of the molecule is CC=CN1CCC[C@@H](n2nc(-c3ccc(NC(=O)c4cccc(N5CCOCC5)c4)c4c3OCO4)c3c(N)ncnc32)C1. The number of likely N-dealkylation sites (tertiary alicyclic amines) is 1. The van der Waals surface area contributed by atoms with E-state index >= 15 is 0 Å². The molecule has 3 N–H and O–H groups in total. The Bertz CT molecular complexity index is 1700. The molecule has 5 heterocycles. The number of nitrogen functional groups attached to an aromatic ring is 1. The molecule has 2 aromatic heterocycles. The van der Waals surface area contributed by atoms with Crippen LogP contribution in [0, 0.1) is 0 Å². The van der Waals surface area contributed by atoms with Gasteiger partial charge in [-0.15, -0.1) is 0 Å². The highest BCUT2D eigenvalue weighted by Gasteiger charge is 2.30. The fraction of sp³-hybridized carbons (Fsp3) is 0.355. The number of benzene rings is 2. The summed E-state index contributed by atoms with van der Waals surface area (Å²) in [7, 11) is 0. The fourth-order valence-corrected chi connectivity index (χ4v) is 6.11. The Morgan fingerprint density at radius 1 is 1.09 bits per heavy atom. The number of anilines is 3. The number of carbonyl (C=O) groups is 1. The minimum atomic E-state index is -0.240. The van der Waals surface area contributed by atoms with E-state index in [9.17, 15) is 4.79 Å². The van der Waals surface area contributed by atoms with Crippen LogP contribution in [0.5, 0.6) is 11.5 Å². The zero-order valence-corrected chi connectivity index (χ0v) is 24.0. The smallest absolute Gasteiger partial charge is 0.255 e. The van der Waals surface area contributed by atoms with Crippen LogP contribution in [0.15, 0.2) is 55.0 Å².